The lowest BCUT2D eigenvalue weighted by Crippen LogP contribution is -2.18. The van der Waals surface area contributed by atoms with Crippen molar-refractivity contribution in [2.75, 3.05) is 0 Å². The van der Waals surface area contributed by atoms with Crippen molar-refractivity contribution in [3.8, 4) is 11.1 Å². The van der Waals surface area contributed by atoms with E-state index in [4.69, 9.17) is 5.21 Å². The molecule has 0 aliphatic rings. The van der Waals surface area contributed by atoms with Crippen LogP contribution in [0.2, 0.25) is 0 Å². The molecule has 4 N–H and O–H groups in total. The highest BCUT2D eigenvalue weighted by atomic mass is 16.5. The van der Waals surface area contributed by atoms with Crippen LogP contribution in [0.15, 0.2) is 59.8 Å². The molecule has 0 saturated carbocycles. The summed E-state index contributed by atoms with van der Waals surface area (Å²) >= 11 is 0. The number of rotatable bonds is 5. The van der Waals surface area contributed by atoms with Crippen LogP contribution in [0.5, 0.6) is 0 Å². The lowest BCUT2D eigenvalue weighted by Gasteiger charge is -2.05. The smallest absolute Gasteiger partial charge is 0.326 e. The first-order valence-electron chi connectivity index (χ1n) is 7.04. The van der Waals surface area contributed by atoms with Gasteiger partial charge in [-0.1, -0.05) is 24.3 Å². The van der Waals surface area contributed by atoms with Crippen molar-refractivity contribution >= 4 is 0 Å². The van der Waals surface area contributed by atoms with E-state index in [0.29, 0.717) is 6.54 Å². The Kier molecular flexibility index (Phi) is 4.33. The van der Waals surface area contributed by atoms with Crippen LogP contribution in [0.1, 0.15) is 17.5 Å². The van der Waals surface area contributed by atoms with Crippen LogP contribution in [0.3, 0.4) is 0 Å². The van der Waals surface area contributed by atoms with Crippen LogP contribution in [-0.4, -0.2) is 24.8 Å². The number of nitrogens with zero attached hydrogens (tertiary/aromatic N) is 2. The van der Waals surface area contributed by atoms with Gasteiger partial charge in [0.2, 0.25) is 0 Å². The Morgan fingerprint density at radius 3 is 2.43 bits per heavy atom. The van der Waals surface area contributed by atoms with Gasteiger partial charge in [0.25, 0.3) is 0 Å². The summed E-state index contributed by atoms with van der Waals surface area (Å²) in [5.41, 5.74) is 4.61. The second kappa shape index (κ2) is 6.57. The number of hydroxylamine groups is 1. The first-order chi connectivity index (χ1) is 11.2. The Balaban J connectivity index is 1.79. The van der Waals surface area contributed by atoms with Gasteiger partial charge < -0.3 is 15.3 Å². The molecule has 118 valence electrons. The molecular weight excluding hydrogens is 296 g/mol. The SMILES string of the molecule is O=c1[nH]c(C(O)NO)cn1Cc1ccc(-c2ccncc2)cc1. The molecule has 0 saturated heterocycles. The monoisotopic (exact) mass is 312 g/mol. The number of benzene rings is 1. The number of pyridine rings is 1. The average Bonchev–Trinajstić information content (AvgIpc) is 2.96. The molecule has 3 aromatic rings. The summed E-state index contributed by atoms with van der Waals surface area (Å²) in [6.45, 7) is 0.365. The minimum atomic E-state index is -1.32. The molecular formula is C16H16N4O3. The van der Waals surface area contributed by atoms with Gasteiger partial charge in [-0.3, -0.25) is 9.55 Å². The second-order valence-corrected chi connectivity index (χ2v) is 5.11. The predicted octanol–water partition coefficient (Wildman–Crippen LogP) is 1.26. The number of imidazole rings is 1. The van der Waals surface area contributed by atoms with Crippen molar-refractivity contribution in [2.45, 2.75) is 12.8 Å². The zero-order chi connectivity index (χ0) is 16.2. The topological polar surface area (TPSA) is 103 Å². The predicted molar refractivity (Wildman–Crippen MR) is 83.7 cm³/mol. The lowest BCUT2D eigenvalue weighted by atomic mass is 10.1. The number of H-pyrrole nitrogens is 1. The maximum absolute atomic E-state index is 11.8. The van der Waals surface area contributed by atoms with Gasteiger partial charge in [0.1, 0.15) is 0 Å². The summed E-state index contributed by atoms with van der Waals surface area (Å²) in [6.07, 6.45) is 3.63. The van der Waals surface area contributed by atoms with Crippen molar-refractivity contribution in [1.29, 1.82) is 0 Å². The van der Waals surface area contributed by atoms with Crippen LogP contribution in [-0.2, 0) is 6.54 Å². The van der Waals surface area contributed by atoms with E-state index >= 15 is 0 Å². The molecule has 23 heavy (non-hydrogen) atoms. The van der Waals surface area contributed by atoms with Crippen LogP contribution in [0.25, 0.3) is 11.1 Å². The van der Waals surface area contributed by atoms with E-state index in [1.165, 1.54) is 10.8 Å². The number of aromatic nitrogens is 3. The molecule has 0 radical (unpaired) electrons. The standard InChI is InChI=1S/C16H16N4O3/c21-15(19-23)14-10-20(16(22)18-14)9-11-1-3-12(4-2-11)13-5-7-17-8-6-13/h1-8,10,15,19,21,23H,9H2,(H,18,22). The summed E-state index contributed by atoms with van der Waals surface area (Å²) in [4.78, 5) is 18.3. The first kappa shape index (κ1) is 15.2. The third kappa shape index (κ3) is 3.37. The van der Waals surface area contributed by atoms with Gasteiger partial charge in [0.05, 0.1) is 12.2 Å². The van der Waals surface area contributed by atoms with Crippen molar-refractivity contribution < 1.29 is 10.3 Å². The van der Waals surface area contributed by atoms with E-state index in [9.17, 15) is 9.90 Å². The molecule has 0 amide bonds. The van der Waals surface area contributed by atoms with E-state index in [0.717, 1.165) is 16.7 Å². The maximum atomic E-state index is 11.8. The van der Waals surface area contributed by atoms with Crippen molar-refractivity contribution in [1.82, 2.24) is 20.0 Å². The van der Waals surface area contributed by atoms with Crippen molar-refractivity contribution in [3.63, 3.8) is 0 Å². The number of aromatic amines is 1. The molecule has 7 nitrogen and oxygen atoms in total. The van der Waals surface area contributed by atoms with Gasteiger partial charge in [-0.25, -0.2) is 4.79 Å². The van der Waals surface area contributed by atoms with Gasteiger partial charge in [-0.05, 0) is 28.8 Å². The molecule has 3 rings (SSSR count). The Morgan fingerprint density at radius 1 is 1.13 bits per heavy atom. The van der Waals surface area contributed by atoms with Crippen LogP contribution >= 0.6 is 0 Å². The summed E-state index contributed by atoms with van der Waals surface area (Å²) in [6, 6.07) is 11.7. The zero-order valence-corrected chi connectivity index (χ0v) is 12.2. The van der Waals surface area contributed by atoms with Gasteiger partial charge in [0.15, 0.2) is 6.23 Å². The van der Waals surface area contributed by atoms with Gasteiger partial charge >= 0.3 is 5.69 Å². The van der Waals surface area contributed by atoms with Crippen LogP contribution in [0, 0.1) is 0 Å². The average molecular weight is 312 g/mol. The quantitative estimate of drug-likeness (QED) is 0.419. The summed E-state index contributed by atoms with van der Waals surface area (Å²) in [5.74, 6) is 0. The van der Waals surface area contributed by atoms with Gasteiger partial charge in [-0.2, -0.15) is 5.48 Å². The third-order valence-electron chi connectivity index (χ3n) is 3.54. The minimum absolute atomic E-state index is 0.200. The third-order valence-corrected chi connectivity index (χ3v) is 3.54. The molecule has 0 fully saturated rings. The molecule has 0 bridgehead atoms. The van der Waals surface area contributed by atoms with Crippen LogP contribution in [0.4, 0.5) is 0 Å². The highest BCUT2D eigenvalue weighted by Crippen LogP contribution is 2.19. The molecule has 0 aliphatic heterocycles. The molecule has 0 aliphatic carbocycles. The number of hydrogen-bond donors (Lipinski definition) is 4. The molecule has 2 aromatic heterocycles. The van der Waals surface area contributed by atoms with Gasteiger partial charge in [0, 0.05) is 18.6 Å². The molecule has 1 atom stereocenters. The van der Waals surface area contributed by atoms with Crippen LogP contribution < -0.4 is 11.2 Å². The molecule has 1 aromatic carbocycles. The molecule has 7 heteroatoms. The number of nitrogens with one attached hydrogen (secondary N) is 2. The van der Waals surface area contributed by atoms with E-state index in [1.807, 2.05) is 36.4 Å². The molecule has 0 spiro atoms. The van der Waals surface area contributed by atoms with Crippen molar-refractivity contribution in [3.05, 3.63) is 76.7 Å². The number of aliphatic hydroxyl groups excluding tert-OH is 1. The Morgan fingerprint density at radius 2 is 1.78 bits per heavy atom. The number of aliphatic hydroxyl groups is 1. The molecule has 2 heterocycles. The molecule has 1 unspecified atom stereocenters. The Labute approximate surface area is 131 Å². The van der Waals surface area contributed by atoms with E-state index in [2.05, 4.69) is 9.97 Å². The van der Waals surface area contributed by atoms with E-state index in [-0.39, 0.29) is 11.4 Å². The second-order valence-electron chi connectivity index (χ2n) is 5.11. The first-order valence-corrected chi connectivity index (χ1v) is 7.04. The Bertz CT molecular complexity index is 825. The summed E-state index contributed by atoms with van der Waals surface area (Å²) in [7, 11) is 0. The normalized spacial score (nSPS) is 12.3. The fraction of sp³-hybridized carbons (Fsp3) is 0.125. The van der Waals surface area contributed by atoms with E-state index in [1.54, 1.807) is 17.9 Å². The minimum Gasteiger partial charge on any atom is -0.371 e. The zero-order valence-electron chi connectivity index (χ0n) is 12.2. The highest BCUT2D eigenvalue weighted by Gasteiger charge is 2.11. The van der Waals surface area contributed by atoms with Crippen molar-refractivity contribution in [2.24, 2.45) is 0 Å². The lowest BCUT2D eigenvalue weighted by molar-refractivity contribution is -0.00174. The fourth-order valence-corrected chi connectivity index (χ4v) is 2.32. The summed E-state index contributed by atoms with van der Waals surface area (Å²) in [5, 5.41) is 18.1. The summed E-state index contributed by atoms with van der Waals surface area (Å²) < 4.78 is 1.43. The van der Waals surface area contributed by atoms with E-state index < -0.39 is 6.23 Å². The number of hydrogen-bond acceptors (Lipinski definition) is 5. The Hall–Kier alpha value is -2.74. The fourth-order valence-electron chi connectivity index (χ4n) is 2.32. The maximum Gasteiger partial charge on any atom is 0.326 e. The van der Waals surface area contributed by atoms with Gasteiger partial charge in [-0.15, -0.1) is 0 Å². The highest BCUT2D eigenvalue weighted by molar-refractivity contribution is 5.62. The largest absolute Gasteiger partial charge is 0.371 e.